The van der Waals surface area contributed by atoms with E-state index >= 15 is 0 Å². The molecule has 1 aliphatic rings. The molecule has 0 saturated carbocycles. The van der Waals surface area contributed by atoms with Crippen LogP contribution in [0.3, 0.4) is 0 Å². The van der Waals surface area contributed by atoms with Gasteiger partial charge in [0.1, 0.15) is 23.0 Å². The predicted octanol–water partition coefficient (Wildman–Crippen LogP) is 9.20. The van der Waals surface area contributed by atoms with Crippen LogP contribution < -0.4 is 9.47 Å². The maximum absolute atomic E-state index is 14.5. The summed E-state index contributed by atoms with van der Waals surface area (Å²) in [5, 5.41) is 19.8. The fourth-order valence-corrected chi connectivity index (χ4v) is 7.02. The van der Waals surface area contributed by atoms with Crippen LogP contribution in [0.15, 0.2) is 131 Å². The van der Waals surface area contributed by atoms with Crippen molar-refractivity contribution < 1.29 is 29.3 Å². The van der Waals surface area contributed by atoms with Crippen LogP contribution in [0.5, 0.6) is 23.0 Å². The Morgan fingerprint density at radius 3 is 1.51 bits per heavy atom. The van der Waals surface area contributed by atoms with Gasteiger partial charge in [-0.2, -0.15) is 0 Å². The minimum atomic E-state index is -0.313. The van der Waals surface area contributed by atoms with Crippen LogP contribution >= 0.6 is 11.8 Å². The lowest BCUT2D eigenvalue weighted by Crippen LogP contribution is -2.22. The number of carbonyl (C=O) groups excluding carboxylic acids is 2. The number of aliphatic hydroxyl groups excluding tert-OH is 2. The number of aryl methyl sites for hydroxylation is 2. The first-order chi connectivity index (χ1) is 24.0. The van der Waals surface area contributed by atoms with Gasteiger partial charge in [-0.3, -0.25) is 9.59 Å². The average Bonchev–Trinajstić information content (AvgIpc) is 3.14. The number of aliphatic hydroxyl groups is 2. The summed E-state index contributed by atoms with van der Waals surface area (Å²) in [5.41, 5.74) is 3.08. The maximum atomic E-state index is 14.5. The third-order valence-corrected chi connectivity index (χ3v) is 9.56. The molecule has 0 saturated heterocycles. The first-order valence-corrected chi connectivity index (χ1v) is 17.2. The third-order valence-electron chi connectivity index (χ3n) is 8.57. The minimum Gasteiger partial charge on any atom is -0.456 e. The van der Waals surface area contributed by atoms with E-state index in [4.69, 9.17) is 9.47 Å². The molecule has 0 atom stereocenters. The first-order valence-electron chi connectivity index (χ1n) is 16.3. The molecule has 6 aromatic rings. The smallest absolute Gasteiger partial charge is 0.198 e. The summed E-state index contributed by atoms with van der Waals surface area (Å²) in [6.45, 7) is 0.223. The molecule has 1 aliphatic carbocycles. The van der Waals surface area contributed by atoms with Crippen LogP contribution in [-0.4, -0.2) is 35.0 Å². The van der Waals surface area contributed by atoms with E-state index in [1.807, 2.05) is 97.1 Å². The van der Waals surface area contributed by atoms with Crippen molar-refractivity contribution in [2.75, 3.05) is 13.2 Å². The van der Waals surface area contributed by atoms with Gasteiger partial charge in [0.15, 0.2) is 11.6 Å². The van der Waals surface area contributed by atoms with Gasteiger partial charge < -0.3 is 19.7 Å². The molecule has 0 aliphatic heterocycles. The van der Waals surface area contributed by atoms with Crippen molar-refractivity contribution in [3.63, 3.8) is 0 Å². The highest BCUT2D eigenvalue weighted by atomic mass is 32.2. The zero-order valence-electron chi connectivity index (χ0n) is 26.7. The van der Waals surface area contributed by atoms with E-state index < -0.39 is 0 Å². The van der Waals surface area contributed by atoms with Crippen molar-refractivity contribution in [3.05, 3.63) is 155 Å². The number of ketones is 2. The lowest BCUT2D eigenvalue weighted by Gasteiger charge is -2.25. The topological polar surface area (TPSA) is 93.1 Å². The van der Waals surface area contributed by atoms with E-state index in [1.54, 1.807) is 36.0 Å². The summed E-state index contributed by atoms with van der Waals surface area (Å²) < 4.78 is 13.2. The van der Waals surface area contributed by atoms with Crippen molar-refractivity contribution in [1.82, 2.24) is 0 Å². The maximum Gasteiger partial charge on any atom is 0.198 e. The Hall–Kier alpha value is -5.21. The van der Waals surface area contributed by atoms with Crippen LogP contribution in [0.1, 0.15) is 55.8 Å². The second-order valence-electron chi connectivity index (χ2n) is 11.9. The summed E-state index contributed by atoms with van der Waals surface area (Å²) in [6.07, 6.45) is 2.77. The molecule has 2 N–H and O–H groups in total. The molecule has 49 heavy (non-hydrogen) atoms. The van der Waals surface area contributed by atoms with E-state index in [0.29, 0.717) is 57.7 Å². The summed E-state index contributed by atoms with van der Waals surface area (Å²) in [5.74, 6) is 1.00. The molecule has 0 radical (unpaired) electrons. The predicted molar refractivity (Wildman–Crippen MR) is 192 cm³/mol. The standard InChI is InChI=1S/C42H34O6S/c43-24-6-8-27-14-18-29(19-15-27)47-41-35-23-22-32(49-31-10-2-1-3-11-31)26-36(35)42(48-30-20-16-28(17-21-30)9-7-25-44)38-37(41)39(45)33-12-4-5-13-34(33)40(38)46/h1-5,10-23,26,43-44H,6-9,24-25H2. The van der Waals surface area contributed by atoms with E-state index in [9.17, 15) is 19.8 Å². The van der Waals surface area contributed by atoms with Gasteiger partial charge in [0.2, 0.25) is 0 Å². The summed E-state index contributed by atoms with van der Waals surface area (Å²) >= 11 is 1.59. The highest BCUT2D eigenvalue weighted by Gasteiger charge is 2.38. The Labute approximate surface area is 289 Å². The van der Waals surface area contributed by atoms with Crippen LogP contribution in [0.25, 0.3) is 10.8 Å². The van der Waals surface area contributed by atoms with Crippen LogP contribution in [-0.2, 0) is 12.8 Å². The second-order valence-corrected chi connectivity index (χ2v) is 13.0. The molecular weight excluding hydrogens is 633 g/mol. The van der Waals surface area contributed by atoms with Gasteiger partial charge in [-0.25, -0.2) is 0 Å². The lowest BCUT2D eigenvalue weighted by molar-refractivity contribution is 0.0975. The molecular formula is C42H34O6S. The molecule has 0 aromatic heterocycles. The second kappa shape index (κ2) is 14.5. The van der Waals surface area contributed by atoms with Crippen molar-refractivity contribution >= 4 is 34.1 Å². The van der Waals surface area contributed by atoms with Gasteiger partial charge in [0.25, 0.3) is 0 Å². The van der Waals surface area contributed by atoms with Gasteiger partial charge in [0.05, 0.1) is 11.1 Å². The van der Waals surface area contributed by atoms with Gasteiger partial charge in [-0.05, 0) is 91.4 Å². The number of hydrogen-bond donors (Lipinski definition) is 2. The Balaban J connectivity index is 1.43. The largest absolute Gasteiger partial charge is 0.456 e. The molecule has 6 aromatic carbocycles. The zero-order chi connectivity index (χ0) is 33.7. The number of carbonyl (C=O) groups is 2. The number of rotatable bonds is 12. The molecule has 0 heterocycles. The number of hydrogen-bond acceptors (Lipinski definition) is 7. The van der Waals surface area contributed by atoms with Gasteiger partial charge in [-0.1, -0.05) is 78.5 Å². The first kappa shape index (κ1) is 32.3. The fourth-order valence-electron chi connectivity index (χ4n) is 6.14. The Kier molecular flexibility index (Phi) is 9.57. The van der Waals surface area contributed by atoms with Gasteiger partial charge >= 0.3 is 0 Å². The molecule has 244 valence electrons. The molecule has 0 spiro atoms. The molecule has 0 fully saturated rings. The molecule has 7 heteroatoms. The molecule has 7 rings (SSSR count). The van der Waals surface area contributed by atoms with E-state index in [-0.39, 0.29) is 35.9 Å². The van der Waals surface area contributed by atoms with E-state index in [2.05, 4.69) is 0 Å². The normalized spacial score (nSPS) is 12.1. The van der Waals surface area contributed by atoms with Crippen molar-refractivity contribution in [2.45, 2.75) is 35.5 Å². The molecule has 0 amide bonds. The van der Waals surface area contributed by atoms with Crippen molar-refractivity contribution in [3.8, 4) is 23.0 Å². The molecule has 0 unspecified atom stereocenters. The van der Waals surface area contributed by atoms with E-state index in [0.717, 1.165) is 33.8 Å². The van der Waals surface area contributed by atoms with Crippen molar-refractivity contribution in [1.29, 1.82) is 0 Å². The summed E-state index contributed by atoms with van der Waals surface area (Å²) in [6, 6.07) is 37.9. The molecule has 6 nitrogen and oxygen atoms in total. The van der Waals surface area contributed by atoms with Crippen LogP contribution in [0.2, 0.25) is 0 Å². The number of ether oxygens (including phenoxy) is 2. The highest BCUT2D eigenvalue weighted by molar-refractivity contribution is 7.99. The van der Waals surface area contributed by atoms with Crippen LogP contribution in [0, 0.1) is 0 Å². The number of fused-ring (bicyclic) bond motifs is 3. The lowest BCUT2D eigenvalue weighted by atomic mass is 9.81. The minimum absolute atomic E-state index is 0.111. The monoisotopic (exact) mass is 666 g/mol. The van der Waals surface area contributed by atoms with Gasteiger partial charge in [-0.15, -0.1) is 0 Å². The van der Waals surface area contributed by atoms with E-state index in [1.165, 1.54) is 0 Å². The highest BCUT2D eigenvalue weighted by Crippen LogP contribution is 2.49. The SMILES string of the molecule is O=C1c2ccccc2C(=O)c2c1c(Oc1ccc(CCCO)cc1)c1ccc(Sc3ccccc3)cc1c2Oc1ccc(CCCO)cc1. The molecule has 0 bridgehead atoms. The zero-order valence-corrected chi connectivity index (χ0v) is 27.5. The number of benzene rings is 6. The summed E-state index contributed by atoms with van der Waals surface area (Å²) in [4.78, 5) is 30.9. The Bertz CT molecular complexity index is 2140. The van der Waals surface area contributed by atoms with Crippen LogP contribution in [0.4, 0.5) is 0 Å². The summed E-state index contributed by atoms with van der Waals surface area (Å²) in [7, 11) is 0. The quantitative estimate of drug-likeness (QED) is 0.134. The van der Waals surface area contributed by atoms with Gasteiger partial charge in [0, 0.05) is 44.9 Å². The third kappa shape index (κ3) is 6.74. The Morgan fingerprint density at radius 2 is 1.00 bits per heavy atom. The average molecular weight is 667 g/mol. The van der Waals surface area contributed by atoms with Crippen molar-refractivity contribution in [2.24, 2.45) is 0 Å². The fraction of sp³-hybridized carbons (Fsp3) is 0.143. The Morgan fingerprint density at radius 1 is 0.510 bits per heavy atom.